The molecule has 0 aromatic rings. The van der Waals surface area contributed by atoms with E-state index in [0.717, 1.165) is 11.8 Å². The minimum atomic E-state index is -0.356. The molecule has 0 radical (unpaired) electrons. The molecule has 2 aliphatic carbocycles. The molecule has 0 bridgehead atoms. The minimum absolute atomic E-state index is 0.356. The highest BCUT2D eigenvalue weighted by Crippen LogP contribution is 2.30. The Morgan fingerprint density at radius 2 is 1.84 bits per heavy atom. The molecule has 0 aromatic carbocycles. The lowest BCUT2D eigenvalue weighted by Gasteiger charge is -2.25. The molecule has 2 rings (SSSR count). The number of hydrogen-bond acceptors (Lipinski definition) is 3. The van der Waals surface area contributed by atoms with E-state index in [4.69, 9.17) is 4.74 Å². The van der Waals surface area contributed by atoms with Crippen LogP contribution in [0.5, 0.6) is 0 Å². The van der Waals surface area contributed by atoms with Crippen molar-refractivity contribution >= 4 is 0 Å². The number of ether oxygens (including phenoxy) is 1. The fourth-order valence-corrected chi connectivity index (χ4v) is 3.48. The summed E-state index contributed by atoms with van der Waals surface area (Å²) in [7, 11) is 0. The molecular formula is C16H31NO2. The van der Waals surface area contributed by atoms with Crippen molar-refractivity contribution in [1.29, 1.82) is 0 Å². The average Bonchev–Trinajstić information content (AvgIpc) is 2.75. The summed E-state index contributed by atoms with van der Waals surface area (Å²) in [4.78, 5) is 0. The zero-order chi connectivity index (χ0) is 13.7. The van der Waals surface area contributed by atoms with Gasteiger partial charge in [-0.25, -0.2) is 0 Å². The summed E-state index contributed by atoms with van der Waals surface area (Å²) < 4.78 is 5.82. The Morgan fingerprint density at radius 3 is 2.47 bits per heavy atom. The van der Waals surface area contributed by atoms with E-state index >= 15 is 0 Å². The predicted octanol–water partition coefficient (Wildman–Crippen LogP) is 2.72. The van der Waals surface area contributed by atoms with Gasteiger partial charge in [-0.15, -0.1) is 0 Å². The second-order valence-electron chi connectivity index (χ2n) is 6.68. The van der Waals surface area contributed by atoms with Gasteiger partial charge in [0.1, 0.15) is 0 Å². The van der Waals surface area contributed by atoms with Crippen molar-refractivity contribution in [1.82, 2.24) is 5.32 Å². The molecule has 0 amide bonds. The van der Waals surface area contributed by atoms with Crippen molar-refractivity contribution in [3.8, 4) is 0 Å². The Kier molecular flexibility index (Phi) is 6.11. The standard InChI is InChI=1S/C16H31NO2/c1-12-8-9-16(13(12)2)17-10-14(18)11-19-15-6-4-3-5-7-15/h12-18H,3-11H2,1-2H3. The summed E-state index contributed by atoms with van der Waals surface area (Å²) in [6.07, 6.45) is 8.88. The zero-order valence-electron chi connectivity index (χ0n) is 12.6. The summed E-state index contributed by atoms with van der Waals surface area (Å²) >= 11 is 0. The number of aliphatic hydroxyl groups excluding tert-OH is 1. The Labute approximate surface area is 118 Å². The van der Waals surface area contributed by atoms with Gasteiger partial charge in [0.05, 0.1) is 18.8 Å². The van der Waals surface area contributed by atoms with Crippen LogP contribution in [0.4, 0.5) is 0 Å². The largest absolute Gasteiger partial charge is 0.389 e. The molecule has 2 N–H and O–H groups in total. The molecule has 4 atom stereocenters. The monoisotopic (exact) mass is 269 g/mol. The fourth-order valence-electron chi connectivity index (χ4n) is 3.48. The highest BCUT2D eigenvalue weighted by atomic mass is 16.5. The van der Waals surface area contributed by atoms with Crippen molar-refractivity contribution in [2.45, 2.75) is 77.0 Å². The summed E-state index contributed by atoms with van der Waals surface area (Å²) in [6.45, 7) is 5.82. The highest BCUT2D eigenvalue weighted by Gasteiger charge is 2.29. The molecule has 0 aliphatic heterocycles. The SMILES string of the molecule is CC1CCC(NCC(O)COC2CCCCC2)C1C. The highest BCUT2D eigenvalue weighted by molar-refractivity contribution is 4.85. The van der Waals surface area contributed by atoms with E-state index < -0.39 is 0 Å². The van der Waals surface area contributed by atoms with Gasteiger partial charge in [-0.1, -0.05) is 33.1 Å². The molecule has 2 aliphatic rings. The van der Waals surface area contributed by atoms with E-state index in [9.17, 15) is 5.11 Å². The van der Waals surface area contributed by atoms with Crippen molar-refractivity contribution in [3.05, 3.63) is 0 Å². The quantitative estimate of drug-likeness (QED) is 0.779. The summed E-state index contributed by atoms with van der Waals surface area (Å²) in [5.74, 6) is 1.54. The van der Waals surface area contributed by atoms with Crippen molar-refractivity contribution < 1.29 is 9.84 Å². The maximum absolute atomic E-state index is 10.0. The zero-order valence-corrected chi connectivity index (χ0v) is 12.6. The molecule has 0 spiro atoms. The van der Waals surface area contributed by atoms with Crippen molar-refractivity contribution in [2.75, 3.05) is 13.2 Å². The predicted molar refractivity (Wildman–Crippen MR) is 78.2 cm³/mol. The van der Waals surface area contributed by atoms with Gasteiger partial charge in [0.15, 0.2) is 0 Å². The fraction of sp³-hybridized carbons (Fsp3) is 1.00. The molecule has 112 valence electrons. The molecule has 0 heterocycles. The van der Waals surface area contributed by atoms with Crippen LogP contribution in [-0.4, -0.2) is 36.5 Å². The van der Waals surface area contributed by atoms with Crippen LogP contribution in [0.1, 0.15) is 58.8 Å². The first-order valence-electron chi connectivity index (χ1n) is 8.20. The van der Waals surface area contributed by atoms with Gasteiger partial charge in [0.2, 0.25) is 0 Å². The summed E-state index contributed by atoms with van der Waals surface area (Å²) in [5, 5.41) is 13.5. The second-order valence-corrected chi connectivity index (χ2v) is 6.68. The minimum Gasteiger partial charge on any atom is -0.389 e. The summed E-state index contributed by atoms with van der Waals surface area (Å²) in [5.41, 5.74) is 0. The molecule has 4 unspecified atom stereocenters. The lowest BCUT2D eigenvalue weighted by atomic mass is 9.97. The first kappa shape index (κ1) is 15.3. The maximum atomic E-state index is 10.0. The Morgan fingerprint density at radius 1 is 1.11 bits per heavy atom. The molecular weight excluding hydrogens is 238 g/mol. The van der Waals surface area contributed by atoms with E-state index in [0.29, 0.717) is 25.3 Å². The van der Waals surface area contributed by atoms with Crippen molar-refractivity contribution in [2.24, 2.45) is 11.8 Å². The van der Waals surface area contributed by atoms with Crippen LogP contribution in [0.25, 0.3) is 0 Å². The number of rotatable bonds is 6. The van der Waals surface area contributed by atoms with Gasteiger partial charge in [-0.3, -0.25) is 0 Å². The first-order chi connectivity index (χ1) is 9.16. The maximum Gasteiger partial charge on any atom is 0.0897 e. The Bertz CT molecular complexity index is 253. The van der Waals surface area contributed by atoms with E-state index in [2.05, 4.69) is 19.2 Å². The van der Waals surface area contributed by atoms with Gasteiger partial charge >= 0.3 is 0 Å². The lowest BCUT2D eigenvalue weighted by molar-refractivity contribution is -0.0238. The van der Waals surface area contributed by atoms with Gasteiger partial charge in [-0.2, -0.15) is 0 Å². The van der Waals surface area contributed by atoms with Crippen LogP contribution < -0.4 is 5.32 Å². The molecule has 0 aromatic heterocycles. The second kappa shape index (κ2) is 7.61. The van der Waals surface area contributed by atoms with E-state index in [1.807, 2.05) is 0 Å². The molecule has 3 heteroatoms. The number of hydrogen-bond donors (Lipinski definition) is 2. The van der Waals surface area contributed by atoms with Crippen LogP contribution in [0, 0.1) is 11.8 Å². The van der Waals surface area contributed by atoms with Gasteiger partial charge in [-0.05, 0) is 37.5 Å². The molecule has 2 fully saturated rings. The molecule has 2 saturated carbocycles. The van der Waals surface area contributed by atoms with E-state index in [-0.39, 0.29) is 6.10 Å². The summed E-state index contributed by atoms with van der Waals surface area (Å²) in [6, 6.07) is 0.583. The average molecular weight is 269 g/mol. The molecule has 0 saturated heterocycles. The van der Waals surface area contributed by atoms with Crippen LogP contribution in [0.3, 0.4) is 0 Å². The Hall–Kier alpha value is -0.120. The van der Waals surface area contributed by atoms with Crippen LogP contribution >= 0.6 is 0 Å². The van der Waals surface area contributed by atoms with E-state index in [1.54, 1.807) is 0 Å². The van der Waals surface area contributed by atoms with Crippen LogP contribution in [0.15, 0.2) is 0 Å². The van der Waals surface area contributed by atoms with Crippen LogP contribution in [0.2, 0.25) is 0 Å². The van der Waals surface area contributed by atoms with Crippen molar-refractivity contribution in [3.63, 3.8) is 0 Å². The topological polar surface area (TPSA) is 41.5 Å². The normalized spacial score (nSPS) is 34.6. The molecule has 3 nitrogen and oxygen atoms in total. The van der Waals surface area contributed by atoms with Crippen LogP contribution in [-0.2, 0) is 4.74 Å². The van der Waals surface area contributed by atoms with Gasteiger partial charge in [0, 0.05) is 12.6 Å². The Balaban J connectivity index is 1.57. The first-order valence-corrected chi connectivity index (χ1v) is 8.20. The van der Waals surface area contributed by atoms with Gasteiger partial charge < -0.3 is 15.2 Å². The number of nitrogens with one attached hydrogen (secondary N) is 1. The third kappa shape index (κ3) is 4.73. The third-order valence-electron chi connectivity index (χ3n) is 5.16. The van der Waals surface area contributed by atoms with E-state index in [1.165, 1.54) is 44.9 Å². The van der Waals surface area contributed by atoms with Gasteiger partial charge in [0.25, 0.3) is 0 Å². The number of aliphatic hydroxyl groups is 1. The molecule has 19 heavy (non-hydrogen) atoms. The smallest absolute Gasteiger partial charge is 0.0897 e. The lowest BCUT2D eigenvalue weighted by Crippen LogP contribution is -2.40. The third-order valence-corrected chi connectivity index (χ3v) is 5.16.